The normalized spacial score (nSPS) is 10.4. The van der Waals surface area contributed by atoms with E-state index in [-0.39, 0.29) is 0 Å². The van der Waals surface area contributed by atoms with Crippen molar-refractivity contribution in [3.63, 3.8) is 0 Å². The lowest BCUT2D eigenvalue weighted by Gasteiger charge is -2.11. The fraction of sp³-hybridized carbons (Fsp3) is 0.556. The van der Waals surface area contributed by atoms with Gasteiger partial charge in [0.25, 0.3) is 0 Å². The highest BCUT2D eigenvalue weighted by Crippen LogP contribution is 2.25. The fourth-order valence-electron chi connectivity index (χ4n) is 1.14. The van der Waals surface area contributed by atoms with Gasteiger partial charge < -0.3 is 4.74 Å². The van der Waals surface area contributed by atoms with Gasteiger partial charge in [0.2, 0.25) is 0 Å². The van der Waals surface area contributed by atoms with Crippen LogP contribution >= 0.6 is 0 Å². The first kappa shape index (κ1) is 8.97. The Balaban J connectivity index is 3.18. The van der Waals surface area contributed by atoms with Crippen LogP contribution in [0.2, 0.25) is 0 Å². The zero-order valence-corrected chi connectivity index (χ0v) is 7.96. The van der Waals surface area contributed by atoms with Crippen LogP contribution in [0.15, 0.2) is 6.33 Å². The maximum Gasteiger partial charge on any atom is 0.161 e. The molecule has 0 aliphatic heterocycles. The Hall–Kier alpha value is -1.12. The summed E-state index contributed by atoms with van der Waals surface area (Å²) in [5.74, 6) is 1.19. The largest absolute Gasteiger partial charge is 0.493 e. The van der Waals surface area contributed by atoms with Gasteiger partial charge in [-0.2, -0.15) is 0 Å². The summed E-state index contributed by atoms with van der Waals surface area (Å²) in [6.45, 7) is 6.10. The third kappa shape index (κ3) is 1.55. The molecule has 3 nitrogen and oxygen atoms in total. The number of ether oxygens (including phenoxy) is 1. The highest BCUT2D eigenvalue weighted by Gasteiger charge is 2.10. The minimum absolute atomic E-state index is 0.377. The van der Waals surface area contributed by atoms with Gasteiger partial charge in [0.15, 0.2) is 5.75 Å². The minimum Gasteiger partial charge on any atom is -0.493 e. The molecule has 1 aromatic rings. The predicted molar refractivity (Wildman–Crippen MR) is 47.4 cm³/mol. The molecule has 3 heteroatoms. The number of nitrogens with zero attached hydrogens (tertiary/aromatic N) is 2. The number of hydrogen-bond donors (Lipinski definition) is 0. The number of rotatable bonds is 2. The smallest absolute Gasteiger partial charge is 0.161 e. The lowest BCUT2D eigenvalue weighted by atomic mass is 10.1. The van der Waals surface area contributed by atoms with Crippen LogP contribution in [0.5, 0.6) is 5.75 Å². The molecule has 0 radical (unpaired) electrons. The van der Waals surface area contributed by atoms with Crippen molar-refractivity contribution in [3.05, 3.63) is 17.7 Å². The van der Waals surface area contributed by atoms with E-state index >= 15 is 0 Å². The first-order valence-corrected chi connectivity index (χ1v) is 4.02. The topological polar surface area (TPSA) is 35.0 Å². The summed E-state index contributed by atoms with van der Waals surface area (Å²) in [5, 5.41) is 0. The molecule has 1 rings (SSSR count). The SMILES string of the molecule is COc1c(C)ncnc1C(C)C. The number of hydrogen-bond acceptors (Lipinski definition) is 3. The van der Waals surface area contributed by atoms with E-state index in [2.05, 4.69) is 23.8 Å². The van der Waals surface area contributed by atoms with Crippen molar-refractivity contribution < 1.29 is 4.74 Å². The highest BCUT2D eigenvalue weighted by molar-refractivity contribution is 5.32. The summed E-state index contributed by atoms with van der Waals surface area (Å²) in [5.41, 5.74) is 1.88. The maximum atomic E-state index is 5.21. The van der Waals surface area contributed by atoms with Crippen molar-refractivity contribution in [1.82, 2.24) is 9.97 Å². The average molecular weight is 166 g/mol. The monoisotopic (exact) mass is 166 g/mol. The van der Waals surface area contributed by atoms with Crippen molar-refractivity contribution in [2.75, 3.05) is 7.11 Å². The van der Waals surface area contributed by atoms with Gasteiger partial charge in [-0.05, 0) is 12.8 Å². The first-order valence-electron chi connectivity index (χ1n) is 4.02. The zero-order chi connectivity index (χ0) is 9.14. The second-order valence-corrected chi connectivity index (χ2v) is 3.03. The van der Waals surface area contributed by atoms with Crippen molar-refractivity contribution in [2.24, 2.45) is 0 Å². The van der Waals surface area contributed by atoms with Crippen LogP contribution in [0.25, 0.3) is 0 Å². The molecule has 0 aromatic carbocycles. The van der Waals surface area contributed by atoms with Gasteiger partial charge >= 0.3 is 0 Å². The molecule has 0 spiro atoms. The molecular weight excluding hydrogens is 152 g/mol. The summed E-state index contributed by atoms with van der Waals surface area (Å²) in [6.07, 6.45) is 1.58. The third-order valence-corrected chi connectivity index (χ3v) is 1.76. The Morgan fingerprint density at radius 2 is 2.00 bits per heavy atom. The number of aryl methyl sites for hydroxylation is 1. The quantitative estimate of drug-likeness (QED) is 0.673. The van der Waals surface area contributed by atoms with Crippen LogP contribution in [0, 0.1) is 6.92 Å². The van der Waals surface area contributed by atoms with Crippen molar-refractivity contribution in [3.8, 4) is 5.75 Å². The Bertz CT molecular complexity index is 271. The summed E-state index contributed by atoms with van der Waals surface area (Å²) in [4.78, 5) is 8.23. The predicted octanol–water partition coefficient (Wildman–Crippen LogP) is 1.92. The van der Waals surface area contributed by atoms with Crippen LogP contribution in [0.4, 0.5) is 0 Å². The molecule has 0 amide bonds. The lowest BCUT2D eigenvalue weighted by Crippen LogP contribution is -2.01. The molecule has 0 unspecified atom stereocenters. The van der Waals surface area contributed by atoms with E-state index in [4.69, 9.17) is 4.74 Å². The second kappa shape index (κ2) is 3.52. The molecule has 0 fully saturated rings. The first-order chi connectivity index (χ1) is 5.66. The molecule has 0 aliphatic carbocycles. The van der Waals surface area contributed by atoms with Crippen LogP contribution in [0.3, 0.4) is 0 Å². The highest BCUT2D eigenvalue weighted by atomic mass is 16.5. The molecule has 66 valence electrons. The molecule has 0 aliphatic rings. The second-order valence-electron chi connectivity index (χ2n) is 3.03. The van der Waals surface area contributed by atoms with Gasteiger partial charge in [-0.1, -0.05) is 13.8 Å². The number of aromatic nitrogens is 2. The molecule has 12 heavy (non-hydrogen) atoms. The summed E-state index contributed by atoms with van der Waals surface area (Å²) in [7, 11) is 1.65. The molecule has 0 N–H and O–H groups in total. The van der Waals surface area contributed by atoms with E-state index in [1.54, 1.807) is 13.4 Å². The standard InChI is InChI=1S/C9H14N2O/c1-6(2)8-9(12-4)7(3)10-5-11-8/h5-6H,1-4H3. The van der Waals surface area contributed by atoms with E-state index in [0.29, 0.717) is 5.92 Å². The van der Waals surface area contributed by atoms with Crippen molar-refractivity contribution in [1.29, 1.82) is 0 Å². The third-order valence-electron chi connectivity index (χ3n) is 1.76. The van der Waals surface area contributed by atoms with Gasteiger partial charge in [-0.15, -0.1) is 0 Å². The molecule has 1 aromatic heterocycles. The average Bonchev–Trinajstić information content (AvgIpc) is 2.03. The fourth-order valence-corrected chi connectivity index (χ4v) is 1.14. The lowest BCUT2D eigenvalue weighted by molar-refractivity contribution is 0.398. The molecular formula is C9H14N2O. The van der Waals surface area contributed by atoms with Gasteiger partial charge in [0, 0.05) is 0 Å². The van der Waals surface area contributed by atoms with Gasteiger partial charge in [-0.25, -0.2) is 9.97 Å². The van der Waals surface area contributed by atoms with Crippen LogP contribution in [-0.4, -0.2) is 17.1 Å². The van der Waals surface area contributed by atoms with Crippen molar-refractivity contribution in [2.45, 2.75) is 26.7 Å². The molecule has 0 atom stereocenters. The van der Waals surface area contributed by atoms with E-state index in [1.807, 2.05) is 6.92 Å². The zero-order valence-electron chi connectivity index (χ0n) is 7.96. The summed E-state index contributed by atoms with van der Waals surface area (Å²) < 4.78 is 5.21. The summed E-state index contributed by atoms with van der Waals surface area (Å²) in [6, 6.07) is 0. The maximum absolute atomic E-state index is 5.21. The summed E-state index contributed by atoms with van der Waals surface area (Å²) >= 11 is 0. The molecule has 0 bridgehead atoms. The van der Waals surface area contributed by atoms with E-state index in [1.165, 1.54) is 0 Å². The van der Waals surface area contributed by atoms with Crippen LogP contribution in [-0.2, 0) is 0 Å². The van der Waals surface area contributed by atoms with Gasteiger partial charge in [-0.3, -0.25) is 0 Å². The Kier molecular flexibility index (Phi) is 2.63. The van der Waals surface area contributed by atoms with E-state index in [9.17, 15) is 0 Å². The van der Waals surface area contributed by atoms with E-state index in [0.717, 1.165) is 17.1 Å². The molecule has 1 heterocycles. The van der Waals surface area contributed by atoms with Gasteiger partial charge in [0.05, 0.1) is 18.5 Å². The van der Waals surface area contributed by atoms with Gasteiger partial charge in [0.1, 0.15) is 6.33 Å². The molecule has 0 saturated carbocycles. The Morgan fingerprint density at radius 1 is 1.33 bits per heavy atom. The number of methoxy groups -OCH3 is 1. The molecule has 0 saturated heterocycles. The van der Waals surface area contributed by atoms with Crippen LogP contribution < -0.4 is 4.74 Å². The van der Waals surface area contributed by atoms with E-state index < -0.39 is 0 Å². The Labute approximate surface area is 72.8 Å². The van der Waals surface area contributed by atoms with Crippen molar-refractivity contribution >= 4 is 0 Å². The van der Waals surface area contributed by atoms with Crippen LogP contribution in [0.1, 0.15) is 31.2 Å². The minimum atomic E-state index is 0.377. The Morgan fingerprint density at radius 3 is 2.42 bits per heavy atom.